The molecule has 1 amide bonds. The summed E-state index contributed by atoms with van der Waals surface area (Å²) in [4.78, 5) is 30.8. The summed E-state index contributed by atoms with van der Waals surface area (Å²) in [6.45, 7) is 3.63. The molecule has 2 aromatic rings. The van der Waals surface area contributed by atoms with E-state index in [1.807, 2.05) is 13.8 Å². The Kier molecular flexibility index (Phi) is 6.47. The lowest BCUT2D eigenvalue weighted by Gasteiger charge is -2.37. The van der Waals surface area contributed by atoms with Crippen LogP contribution < -0.4 is 20.9 Å². The molecule has 4 atom stereocenters. The highest BCUT2D eigenvalue weighted by molar-refractivity contribution is 6.03. The number of hydrogen-bond donors (Lipinski definition) is 3. The standard InChI is InChI=1S/C21H27F3N8O2/c1-10-16-18(32(3)17(11(2)34-4)19(33)30-16)31-20(27-10)29-13-6-5-12(7-13)28-15-9-25-14(8-26-15)21(22,23)24/h8-9,11-13,17H,5-7H2,1-4H3,(H,26,28)(H,30,33)(H,27,29,31)/t11?,12-,13+,17-/m0/s1. The zero-order valence-corrected chi connectivity index (χ0v) is 19.3. The first-order valence-electron chi connectivity index (χ1n) is 10.9. The summed E-state index contributed by atoms with van der Waals surface area (Å²) in [5.41, 5.74) is 0.195. The molecule has 34 heavy (non-hydrogen) atoms. The normalized spacial score (nSPS) is 23.3. The largest absolute Gasteiger partial charge is 0.434 e. The van der Waals surface area contributed by atoms with Crippen LogP contribution in [0, 0.1) is 6.92 Å². The van der Waals surface area contributed by atoms with Gasteiger partial charge in [0.05, 0.1) is 24.2 Å². The maximum Gasteiger partial charge on any atom is 0.434 e. The molecule has 3 heterocycles. The molecule has 0 bridgehead atoms. The minimum atomic E-state index is -4.51. The third kappa shape index (κ3) is 4.83. The number of fused-ring (bicyclic) bond motifs is 1. The number of rotatable bonds is 6. The van der Waals surface area contributed by atoms with Gasteiger partial charge in [0.15, 0.2) is 11.5 Å². The van der Waals surface area contributed by atoms with Gasteiger partial charge >= 0.3 is 6.18 Å². The summed E-state index contributed by atoms with van der Waals surface area (Å²) >= 11 is 0. The second kappa shape index (κ2) is 9.20. The second-order valence-corrected chi connectivity index (χ2v) is 8.60. The smallest absolute Gasteiger partial charge is 0.379 e. The second-order valence-electron chi connectivity index (χ2n) is 8.60. The van der Waals surface area contributed by atoms with Gasteiger partial charge in [-0.05, 0) is 33.1 Å². The Morgan fingerprint density at radius 1 is 1.18 bits per heavy atom. The van der Waals surface area contributed by atoms with Gasteiger partial charge in [-0.1, -0.05) is 0 Å². The van der Waals surface area contributed by atoms with Crippen molar-refractivity contribution in [2.75, 3.05) is 35.0 Å². The minimum absolute atomic E-state index is 0.0242. The van der Waals surface area contributed by atoms with Crippen LogP contribution >= 0.6 is 0 Å². The van der Waals surface area contributed by atoms with Gasteiger partial charge in [0.2, 0.25) is 11.9 Å². The maximum absolute atomic E-state index is 12.7. The van der Waals surface area contributed by atoms with Gasteiger partial charge in [-0.2, -0.15) is 18.2 Å². The molecule has 1 saturated carbocycles. The van der Waals surface area contributed by atoms with Gasteiger partial charge in [-0.15, -0.1) is 0 Å². The molecule has 1 aliphatic heterocycles. The summed E-state index contributed by atoms with van der Waals surface area (Å²) in [6.07, 6.45) is -0.697. The molecular weight excluding hydrogens is 453 g/mol. The van der Waals surface area contributed by atoms with Gasteiger partial charge in [-0.3, -0.25) is 4.79 Å². The van der Waals surface area contributed by atoms with E-state index in [4.69, 9.17) is 4.74 Å². The Bertz CT molecular complexity index is 1050. The van der Waals surface area contributed by atoms with Crippen molar-refractivity contribution in [3.63, 3.8) is 0 Å². The number of amides is 1. The van der Waals surface area contributed by atoms with E-state index in [0.717, 1.165) is 25.2 Å². The number of ether oxygens (including phenoxy) is 1. The third-order valence-electron chi connectivity index (χ3n) is 6.22. The van der Waals surface area contributed by atoms with E-state index in [-0.39, 0.29) is 24.1 Å². The Morgan fingerprint density at radius 3 is 2.50 bits per heavy atom. The zero-order chi connectivity index (χ0) is 24.6. The van der Waals surface area contributed by atoms with Crippen LogP contribution in [-0.4, -0.2) is 64.2 Å². The van der Waals surface area contributed by atoms with Crippen molar-refractivity contribution < 1.29 is 22.7 Å². The molecule has 0 saturated heterocycles. The number of anilines is 4. The summed E-state index contributed by atoms with van der Waals surface area (Å²) in [5.74, 6) is 1.18. The van der Waals surface area contributed by atoms with Gasteiger partial charge in [0.25, 0.3) is 0 Å². The number of nitrogens with zero attached hydrogens (tertiary/aromatic N) is 5. The number of carbonyl (C=O) groups excluding carboxylic acids is 1. The van der Waals surface area contributed by atoms with Crippen LogP contribution in [0.15, 0.2) is 12.4 Å². The summed E-state index contributed by atoms with van der Waals surface area (Å²) in [7, 11) is 3.36. The Balaban J connectivity index is 1.42. The van der Waals surface area contributed by atoms with Crippen LogP contribution in [0.3, 0.4) is 0 Å². The van der Waals surface area contributed by atoms with Gasteiger partial charge in [-0.25, -0.2) is 15.0 Å². The van der Waals surface area contributed by atoms with Crippen molar-refractivity contribution in [1.82, 2.24) is 19.9 Å². The summed E-state index contributed by atoms with van der Waals surface area (Å²) in [6, 6.07) is -0.435. The Hall–Kier alpha value is -3.22. The molecule has 4 rings (SSSR count). The molecule has 0 aromatic carbocycles. The van der Waals surface area contributed by atoms with E-state index in [1.54, 1.807) is 19.1 Å². The number of carbonyl (C=O) groups is 1. The van der Waals surface area contributed by atoms with E-state index in [9.17, 15) is 18.0 Å². The molecule has 10 nitrogen and oxygen atoms in total. The molecule has 0 radical (unpaired) electrons. The Labute approximate surface area is 194 Å². The fraction of sp³-hybridized carbons (Fsp3) is 0.571. The topological polar surface area (TPSA) is 117 Å². The van der Waals surface area contributed by atoms with E-state index < -0.39 is 17.9 Å². The maximum atomic E-state index is 12.7. The van der Waals surface area contributed by atoms with Crippen LogP contribution in [0.5, 0.6) is 0 Å². The van der Waals surface area contributed by atoms with Crippen molar-refractivity contribution >= 4 is 29.2 Å². The van der Waals surface area contributed by atoms with Gasteiger partial charge in [0.1, 0.15) is 17.5 Å². The third-order valence-corrected chi connectivity index (χ3v) is 6.22. The van der Waals surface area contributed by atoms with Crippen molar-refractivity contribution in [3.8, 4) is 0 Å². The quantitative estimate of drug-likeness (QED) is 0.574. The van der Waals surface area contributed by atoms with E-state index in [0.29, 0.717) is 35.4 Å². The number of methoxy groups -OCH3 is 1. The lowest BCUT2D eigenvalue weighted by molar-refractivity contribution is -0.141. The number of nitrogens with one attached hydrogen (secondary N) is 3. The highest BCUT2D eigenvalue weighted by atomic mass is 19.4. The zero-order valence-electron chi connectivity index (χ0n) is 19.3. The van der Waals surface area contributed by atoms with Crippen LogP contribution in [-0.2, 0) is 15.7 Å². The molecule has 3 N–H and O–H groups in total. The van der Waals surface area contributed by atoms with Crippen LogP contribution in [0.4, 0.5) is 36.4 Å². The molecular formula is C21H27F3N8O2. The fourth-order valence-electron chi connectivity index (χ4n) is 4.37. The first-order chi connectivity index (χ1) is 16.1. The molecule has 0 spiro atoms. The molecule has 1 fully saturated rings. The number of aryl methyl sites for hydroxylation is 1. The number of alkyl halides is 3. The number of likely N-dealkylation sites (N-methyl/N-ethyl adjacent to an activating group) is 1. The highest BCUT2D eigenvalue weighted by Gasteiger charge is 2.37. The lowest BCUT2D eigenvalue weighted by atomic mass is 10.1. The van der Waals surface area contributed by atoms with Crippen molar-refractivity contribution in [2.24, 2.45) is 0 Å². The molecule has 1 aliphatic carbocycles. The molecule has 13 heteroatoms. The van der Waals surface area contributed by atoms with E-state index >= 15 is 0 Å². The summed E-state index contributed by atoms with van der Waals surface area (Å²) < 4.78 is 43.4. The van der Waals surface area contributed by atoms with Crippen LogP contribution in [0.1, 0.15) is 37.6 Å². The first kappa shape index (κ1) is 23.9. The van der Waals surface area contributed by atoms with E-state index in [1.165, 1.54) is 0 Å². The average molecular weight is 480 g/mol. The van der Waals surface area contributed by atoms with Crippen LogP contribution in [0.2, 0.25) is 0 Å². The van der Waals surface area contributed by atoms with Crippen molar-refractivity contribution in [2.45, 2.75) is 63.5 Å². The first-order valence-corrected chi connectivity index (χ1v) is 10.9. The minimum Gasteiger partial charge on any atom is -0.379 e. The van der Waals surface area contributed by atoms with Gasteiger partial charge < -0.3 is 25.6 Å². The summed E-state index contributed by atoms with van der Waals surface area (Å²) in [5, 5.41) is 9.38. The lowest BCUT2D eigenvalue weighted by Crippen LogP contribution is -2.53. The predicted octanol–water partition coefficient (Wildman–Crippen LogP) is 2.83. The number of hydrogen-bond acceptors (Lipinski definition) is 9. The Morgan fingerprint density at radius 2 is 1.88 bits per heavy atom. The van der Waals surface area contributed by atoms with Crippen molar-refractivity contribution in [3.05, 3.63) is 23.8 Å². The van der Waals surface area contributed by atoms with Crippen LogP contribution in [0.25, 0.3) is 0 Å². The number of halogens is 3. The van der Waals surface area contributed by atoms with Crippen molar-refractivity contribution in [1.29, 1.82) is 0 Å². The van der Waals surface area contributed by atoms with E-state index in [2.05, 4.69) is 35.9 Å². The van der Waals surface area contributed by atoms with Gasteiger partial charge in [0, 0.05) is 26.2 Å². The highest BCUT2D eigenvalue weighted by Crippen LogP contribution is 2.34. The molecule has 2 aromatic heterocycles. The molecule has 2 aliphatic rings. The SMILES string of the molecule is COC(C)[C@H]1C(=O)Nc2c(C)nc(N[C@@H]3CC[C@H](Nc4cnc(C(F)(F)F)cn4)C3)nc2N1C. The average Bonchev–Trinajstić information content (AvgIpc) is 3.21. The fourth-order valence-corrected chi connectivity index (χ4v) is 4.37. The molecule has 184 valence electrons. The number of aromatic nitrogens is 4. The monoisotopic (exact) mass is 480 g/mol. The molecule has 1 unspecified atom stereocenters. The predicted molar refractivity (Wildman–Crippen MR) is 120 cm³/mol.